The fraction of sp³-hybridized carbons (Fsp3) is 0.231. The van der Waals surface area contributed by atoms with Crippen molar-refractivity contribution in [1.82, 2.24) is 9.78 Å². The van der Waals surface area contributed by atoms with Crippen LogP contribution < -0.4 is 0 Å². The second kappa shape index (κ2) is 5.01. The Hall–Kier alpha value is -2.50. The summed E-state index contributed by atoms with van der Waals surface area (Å²) in [6.07, 6.45) is 1.95. The van der Waals surface area contributed by atoms with Crippen molar-refractivity contribution in [3.8, 4) is 5.69 Å². The first kappa shape index (κ1) is 12.9. The lowest BCUT2D eigenvalue weighted by atomic mass is 10.1. The van der Waals surface area contributed by atoms with E-state index in [-0.39, 0.29) is 11.5 Å². The number of Topliss-reactive ketones (excluding diaryl/α,β-unsaturated/α-hetero) is 1. The van der Waals surface area contributed by atoms with Crippen molar-refractivity contribution in [2.75, 3.05) is 0 Å². The predicted octanol–water partition coefficient (Wildman–Crippen LogP) is 2.68. The van der Waals surface area contributed by atoms with Gasteiger partial charge in [0.2, 0.25) is 0 Å². The number of hydrogen-bond acceptors (Lipinski definition) is 4. The van der Waals surface area contributed by atoms with Gasteiger partial charge in [0.1, 0.15) is 0 Å². The molecule has 0 atom stereocenters. The number of non-ortho nitro benzene ring substituents is 1. The molecule has 1 heterocycles. The molecule has 19 heavy (non-hydrogen) atoms. The third kappa shape index (κ3) is 2.37. The minimum atomic E-state index is -0.453. The number of hydrogen-bond donors (Lipinski definition) is 0. The van der Waals surface area contributed by atoms with Crippen molar-refractivity contribution < 1.29 is 9.72 Å². The molecular weight excluding hydrogens is 246 g/mol. The second-order valence-corrected chi connectivity index (χ2v) is 4.11. The minimum Gasteiger partial charge on any atom is -0.294 e. The summed E-state index contributed by atoms with van der Waals surface area (Å²) in [6, 6.07) is 6.05. The molecule has 6 nitrogen and oxygen atoms in total. The van der Waals surface area contributed by atoms with Crippen LogP contribution in [0.3, 0.4) is 0 Å². The molecule has 2 rings (SSSR count). The van der Waals surface area contributed by atoms with Crippen LogP contribution in [0.1, 0.15) is 29.4 Å². The highest BCUT2D eigenvalue weighted by molar-refractivity contribution is 5.96. The van der Waals surface area contributed by atoms with Crippen molar-refractivity contribution in [2.45, 2.75) is 20.3 Å². The Bertz CT molecular complexity index is 629. The van der Waals surface area contributed by atoms with Gasteiger partial charge >= 0.3 is 0 Å². The molecule has 0 saturated heterocycles. The van der Waals surface area contributed by atoms with Gasteiger partial charge in [-0.1, -0.05) is 6.92 Å². The third-order valence-corrected chi connectivity index (χ3v) is 2.94. The Morgan fingerprint density at radius 2 is 2.00 bits per heavy atom. The van der Waals surface area contributed by atoms with Gasteiger partial charge in [-0.2, -0.15) is 5.10 Å². The van der Waals surface area contributed by atoms with Crippen LogP contribution >= 0.6 is 0 Å². The summed E-state index contributed by atoms with van der Waals surface area (Å²) in [7, 11) is 0. The quantitative estimate of drug-likeness (QED) is 0.480. The summed E-state index contributed by atoms with van der Waals surface area (Å²) < 4.78 is 1.60. The van der Waals surface area contributed by atoms with E-state index in [1.165, 1.54) is 18.3 Å². The largest absolute Gasteiger partial charge is 0.294 e. The zero-order chi connectivity index (χ0) is 14.0. The Balaban J connectivity index is 2.40. The van der Waals surface area contributed by atoms with E-state index in [0.717, 1.165) is 5.69 Å². The highest BCUT2D eigenvalue weighted by Crippen LogP contribution is 2.18. The number of ketones is 1. The highest BCUT2D eigenvalue weighted by atomic mass is 16.6. The topological polar surface area (TPSA) is 78.0 Å². The van der Waals surface area contributed by atoms with Gasteiger partial charge in [0, 0.05) is 18.6 Å². The summed E-state index contributed by atoms with van der Waals surface area (Å²) in [6.45, 7) is 3.60. The maximum Gasteiger partial charge on any atom is 0.269 e. The van der Waals surface area contributed by atoms with Crippen LogP contribution in [0.2, 0.25) is 0 Å². The van der Waals surface area contributed by atoms with Crippen molar-refractivity contribution >= 4 is 11.5 Å². The number of carbonyl (C=O) groups excluding carboxylic acids is 1. The fourth-order valence-electron chi connectivity index (χ4n) is 1.85. The minimum absolute atomic E-state index is 0.0263. The van der Waals surface area contributed by atoms with Gasteiger partial charge in [-0.3, -0.25) is 14.9 Å². The van der Waals surface area contributed by atoms with Gasteiger partial charge in [-0.05, 0) is 19.1 Å². The normalized spacial score (nSPS) is 10.4. The number of carbonyl (C=O) groups is 1. The lowest BCUT2D eigenvalue weighted by molar-refractivity contribution is -0.384. The molecule has 0 aliphatic rings. The van der Waals surface area contributed by atoms with Crippen molar-refractivity contribution in [3.05, 3.63) is 51.8 Å². The average Bonchev–Trinajstić information content (AvgIpc) is 2.80. The number of nitrogens with zero attached hydrogens (tertiary/aromatic N) is 3. The lowest BCUT2D eigenvalue weighted by Gasteiger charge is -2.04. The number of aromatic nitrogens is 2. The molecule has 0 fully saturated rings. The molecule has 1 aromatic heterocycles. The van der Waals surface area contributed by atoms with Crippen molar-refractivity contribution in [3.63, 3.8) is 0 Å². The molecule has 1 aromatic carbocycles. The first-order chi connectivity index (χ1) is 9.04. The monoisotopic (exact) mass is 259 g/mol. The van der Waals surface area contributed by atoms with Crippen LogP contribution in [0.5, 0.6) is 0 Å². The van der Waals surface area contributed by atoms with E-state index in [9.17, 15) is 14.9 Å². The first-order valence-corrected chi connectivity index (χ1v) is 5.87. The Labute approximate surface area is 109 Å². The maximum absolute atomic E-state index is 11.7. The molecule has 98 valence electrons. The van der Waals surface area contributed by atoms with E-state index in [1.54, 1.807) is 30.7 Å². The molecule has 6 heteroatoms. The molecule has 0 bridgehead atoms. The van der Waals surface area contributed by atoms with Gasteiger partial charge < -0.3 is 0 Å². The second-order valence-electron chi connectivity index (χ2n) is 4.11. The van der Waals surface area contributed by atoms with Crippen molar-refractivity contribution in [1.29, 1.82) is 0 Å². The Kier molecular flexibility index (Phi) is 3.41. The van der Waals surface area contributed by atoms with E-state index < -0.39 is 4.92 Å². The number of benzene rings is 1. The molecule has 0 N–H and O–H groups in total. The third-order valence-electron chi connectivity index (χ3n) is 2.94. The van der Waals surface area contributed by atoms with E-state index in [0.29, 0.717) is 17.7 Å². The van der Waals surface area contributed by atoms with Crippen molar-refractivity contribution in [2.24, 2.45) is 0 Å². The van der Waals surface area contributed by atoms with Gasteiger partial charge in [0.15, 0.2) is 5.78 Å². The van der Waals surface area contributed by atoms with E-state index in [4.69, 9.17) is 0 Å². The van der Waals surface area contributed by atoms with Crippen LogP contribution in [-0.4, -0.2) is 20.5 Å². The molecule has 0 aliphatic heterocycles. The zero-order valence-electron chi connectivity index (χ0n) is 10.7. The van der Waals surface area contributed by atoms with Gasteiger partial charge in [-0.15, -0.1) is 0 Å². The summed E-state index contributed by atoms with van der Waals surface area (Å²) in [5.74, 6) is 0.0330. The summed E-state index contributed by atoms with van der Waals surface area (Å²) >= 11 is 0. The molecular formula is C13H13N3O3. The van der Waals surface area contributed by atoms with E-state index in [1.807, 2.05) is 0 Å². The zero-order valence-corrected chi connectivity index (χ0v) is 10.7. The van der Waals surface area contributed by atoms with Crippen LogP contribution in [-0.2, 0) is 0 Å². The Morgan fingerprint density at radius 1 is 1.37 bits per heavy atom. The maximum atomic E-state index is 11.7. The van der Waals surface area contributed by atoms with Crippen LogP contribution in [0.25, 0.3) is 5.69 Å². The SMILES string of the molecule is CCC(=O)c1cnn(-c2ccc([N+](=O)[O-])cc2)c1C. The summed E-state index contributed by atoms with van der Waals surface area (Å²) in [4.78, 5) is 21.8. The van der Waals surface area contributed by atoms with E-state index >= 15 is 0 Å². The molecule has 0 saturated carbocycles. The lowest BCUT2D eigenvalue weighted by Crippen LogP contribution is -2.02. The molecule has 0 unspecified atom stereocenters. The smallest absolute Gasteiger partial charge is 0.269 e. The molecule has 0 radical (unpaired) electrons. The standard InChI is InChI=1S/C13H13N3O3/c1-3-13(17)12-8-14-15(9(12)2)10-4-6-11(7-5-10)16(18)19/h4-8H,3H2,1-2H3. The van der Waals surface area contributed by atoms with Crippen LogP contribution in [0, 0.1) is 17.0 Å². The number of rotatable bonds is 4. The van der Waals surface area contributed by atoms with Gasteiger partial charge in [-0.25, -0.2) is 4.68 Å². The van der Waals surface area contributed by atoms with Crippen LogP contribution in [0.15, 0.2) is 30.5 Å². The van der Waals surface area contributed by atoms with Crippen LogP contribution in [0.4, 0.5) is 5.69 Å². The first-order valence-electron chi connectivity index (χ1n) is 5.87. The number of nitro groups is 1. The highest BCUT2D eigenvalue weighted by Gasteiger charge is 2.14. The molecule has 0 amide bonds. The summed E-state index contributed by atoms with van der Waals surface area (Å²) in [5.41, 5.74) is 2.04. The predicted molar refractivity (Wildman–Crippen MR) is 69.6 cm³/mol. The fourth-order valence-corrected chi connectivity index (χ4v) is 1.85. The molecule has 0 spiro atoms. The Morgan fingerprint density at radius 3 is 2.53 bits per heavy atom. The van der Waals surface area contributed by atoms with Gasteiger partial charge in [0.05, 0.1) is 28.1 Å². The average molecular weight is 259 g/mol. The molecule has 2 aromatic rings. The van der Waals surface area contributed by atoms with E-state index in [2.05, 4.69) is 5.10 Å². The van der Waals surface area contributed by atoms with Gasteiger partial charge in [0.25, 0.3) is 5.69 Å². The number of nitro benzene ring substituents is 1. The molecule has 0 aliphatic carbocycles. The summed E-state index contributed by atoms with van der Waals surface area (Å²) in [5, 5.41) is 14.7.